The van der Waals surface area contributed by atoms with E-state index >= 15 is 0 Å². The van der Waals surface area contributed by atoms with Gasteiger partial charge in [-0.2, -0.15) is 5.10 Å². The van der Waals surface area contributed by atoms with Crippen LogP contribution in [0.2, 0.25) is 0 Å². The van der Waals surface area contributed by atoms with Crippen LogP contribution >= 0.6 is 0 Å². The average molecular weight is 258 g/mol. The molecule has 1 aromatic carbocycles. The molecule has 2 aromatic rings. The Kier molecular flexibility index (Phi) is 3.55. The lowest BCUT2D eigenvalue weighted by Gasteiger charge is -2.17. The van der Waals surface area contributed by atoms with Crippen molar-refractivity contribution in [2.24, 2.45) is 7.05 Å². The third-order valence-corrected chi connectivity index (χ3v) is 3.06. The summed E-state index contributed by atoms with van der Waals surface area (Å²) in [5.41, 5.74) is 8.59. The van der Waals surface area contributed by atoms with E-state index in [2.05, 4.69) is 5.10 Å². The van der Waals surface area contributed by atoms with Crippen LogP contribution in [0.5, 0.6) is 0 Å². The number of carbonyl (C=O) groups excluding carboxylic acids is 1. The number of anilines is 2. The van der Waals surface area contributed by atoms with Gasteiger partial charge in [0.1, 0.15) is 0 Å². The number of aromatic nitrogens is 2. The minimum absolute atomic E-state index is 0.0604. The van der Waals surface area contributed by atoms with Crippen LogP contribution in [0.15, 0.2) is 30.5 Å². The largest absolute Gasteiger partial charge is 0.399 e. The summed E-state index contributed by atoms with van der Waals surface area (Å²) in [6, 6.07) is 7.22. The molecule has 1 aromatic heterocycles. The number of rotatable bonds is 3. The Morgan fingerprint density at radius 3 is 2.58 bits per heavy atom. The Labute approximate surface area is 112 Å². The van der Waals surface area contributed by atoms with Crippen molar-refractivity contribution in [2.45, 2.75) is 13.3 Å². The fraction of sp³-hybridized carbons (Fsp3) is 0.286. The molecule has 0 saturated heterocycles. The van der Waals surface area contributed by atoms with E-state index in [-0.39, 0.29) is 5.91 Å². The SMILES string of the molecule is CCc1nn(C)cc1C(=O)N(C)c1ccc(N)cc1. The summed E-state index contributed by atoms with van der Waals surface area (Å²) in [7, 11) is 3.57. The maximum Gasteiger partial charge on any atom is 0.261 e. The van der Waals surface area contributed by atoms with Gasteiger partial charge in [0.2, 0.25) is 0 Å². The van der Waals surface area contributed by atoms with Crippen molar-refractivity contribution in [3.05, 3.63) is 41.7 Å². The zero-order valence-corrected chi connectivity index (χ0v) is 11.4. The number of nitrogens with zero attached hydrogens (tertiary/aromatic N) is 3. The predicted octanol–water partition coefficient (Wildman–Crippen LogP) is 1.84. The molecule has 0 aliphatic rings. The van der Waals surface area contributed by atoms with E-state index in [0.717, 1.165) is 17.8 Å². The van der Waals surface area contributed by atoms with E-state index in [4.69, 9.17) is 5.73 Å². The highest BCUT2D eigenvalue weighted by atomic mass is 16.2. The van der Waals surface area contributed by atoms with Crippen LogP contribution in [0.1, 0.15) is 23.0 Å². The third kappa shape index (κ3) is 2.59. The zero-order chi connectivity index (χ0) is 14.0. The molecule has 1 heterocycles. The molecule has 0 spiro atoms. The average Bonchev–Trinajstić information content (AvgIpc) is 2.79. The molecular formula is C14H18N4O. The number of benzene rings is 1. The molecular weight excluding hydrogens is 240 g/mol. The molecule has 0 saturated carbocycles. The molecule has 19 heavy (non-hydrogen) atoms. The number of hydrogen-bond acceptors (Lipinski definition) is 3. The van der Waals surface area contributed by atoms with Crippen LogP contribution in [0.25, 0.3) is 0 Å². The Morgan fingerprint density at radius 2 is 2.00 bits per heavy atom. The van der Waals surface area contributed by atoms with Gasteiger partial charge in [-0.15, -0.1) is 0 Å². The summed E-state index contributed by atoms with van der Waals surface area (Å²) in [4.78, 5) is 14.1. The van der Waals surface area contributed by atoms with Crippen LogP contribution in [0, 0.1) is 0 Å². The molecule has 5 nitrogen and oxygen atoms in total. The summed E-state index contributed by atoms with van der Waals surface area (Å²) in [5, 5.41) is 4.29. The Morgan fingerprint density at radius 1 is 1.37 bits per heavy atom. The summed E-state index contributed by atoms with van der Waals surface area (Å²) in [6.07, 6.45) is 2.49. The van der Waals surface area contributed by atoms with Gasteiger partial charge in [-0.25, -0.2) is 0 Å². The van der Waals surface area contributed by atoms with Gasteiger partial charge in [0.25, 0.3) is 5.91 Å². The van der Waals surface area contributed by atoms with Gasteiger partial charge in [0, 0.05) is 31.7 Å². The maximum absolute atomic E-state index is 12.5. The first-order valence-corrected chi connectivity index (χ1v) is 6.19. The molecule has 1 amide bonds. The minimum atomic E-state index is -0.0604. The second kappa shape index (κ2) is 5.14. The predicted molar refractivity (Wildman–Crippen MR) is 76.2 cm³/mol. The van der Waals surface area contributed by atoms with Crippen molar-refractivity contribution in [3.63, 3.8) is 0 Å². The molecule has 0 fully saturated rings. The molecule has 0 aliphatic heterocycles. The summed E-state index contributed by atoms with van der Waals surface area (Å²) < 4.78 is 1.67. The molecule has 2 rings (SSSR count). The molecule has 0 aliphatic carbocycles. The van der Waals surface area contributed by atoms with Gasteiger partial charge in [-0.1, -0.05) is 6.92 Å². The maximum atomic E-state index is 12.5. The molecule has 0 bridgehead atoms. The number of nitrogen functional groups attached to an aromatic ring is 1. The molecule has 5 heteroatoms. The van der Waals surface area contributed by atoms with E-state index in [1.165, 1.54) is 0 Å². The number of aryl methyl sites for hydroxylation is 2. The van der Waals surface area contributed by atoms with Crippen molar-refractivity contribution in [2.75, 3.05) is 17.7 Å². The summed E-state index contributed by atoms with van der Waals surface area (Å²) >= 11 is 0. The van der Waals surface area contributed by atoms with Crippen LogP contribution in [0.4, 0.5) is 11.4 Å². The first kappa shape index (κ1) is 13.1. The van der Waals surface area contributed by atoms with Crippen molar-refractivity contribution < 1.29 is 4.79 Å². The lowest BCUT2D eigenvalue weighted by atomic mass is 10.1. The number of hydrogen-bond donors (Lipinski definition) is 1. The first-order valence-electron chi connectivity index (χ1n) is 6.19. The second-order valence-corrected chi connectivity index (χ2v) is 4.47. The van der Waals surface area contributed by atoms with E-state index in [1.807, 2.05) is 26.1 Å². The summed E-state index contributed by atoms with van der Waals surface area (Å²) in [6.45, 7) is 1.99. The standard InChI is InChI=1S/C14H18N4O/c1-4-13-12(9-17(2)16-13)14(19)18(3)11-7-5-10(15)6-8-11/h5-9H,4,15H2,1-3H3. The molecule has 2 N–H and O–H groups in total. The highest BCUT2D eigenvalue weighted by Crippen LogP contribution is 2.18. The van der Waals surface area contributed by atoms with Gasteiger partial charge >= 0.3 is 0 Å². The third-order valence-electron chi connectivity index (χ3n) is 3.06. The fourth-order valence-corrected chi connectivity index (χ4v) is 1.97. The molecule has 0 unspecified atom stereocenters. The molecule has 0 radical (unpaired) electrons. The highest BCUT2D eigenvalue weighted by Gasteiger charge is 2.19. The van der Waals surface area contributed by atoms with E-state index in [0.29, 0.717) is 11.3 Å². The molecule has 0 atom stereocenters. The van der Waals surface area contributed by atoms with Crippen molar-refractivity contribution >= 4 is 17.3 Å². The zero-order valence-electron chi connectivity index (χ0n) is 11.4. The van der Waals surface area contributed by atoms with E-state index in [1.54, 1.807) is 35.0 Å². The van der Waals surface area contributed by atoms with Crippen LogP contribution < -0.4 is 10.6 Å². The fourth-order valence-electron chi connectivity index (χ4n) is 1.97. The lowest BCUT2D eigenvalue weighted by molar-refractivity contribution is 0.0992. The van der Waals surface area contributed by atoms with Crippen LogP contribution in [0.3, 0.4) is 0 Å². The monoisotopic (exact) mass is 258 g/mol. The van der Waals surface area contributed by atoms with Gasteiger partial charge in [0.15, 0.2) is 0 Å². The molecule has 100 valence electrons. The summed E-state index contributed by atoms with van der Waals surface area (Å²) in [5.74, 6) is -0.0604. The first-order chi connectivity index (χ1) is 9.02. The number of nitrogens with two attached hydrogens (primary N) is 1. The quantitative estimate of drug-likeness (QED) is 0.854. The topological polar surface area (TPSA) is 64.2 Å². The number of amides is 1. The second-order valence-electron chi connectivity index (χ2n) is 4.47. The Hall–Kier alpha value is -2.30. The van der Waals surface area contributed by atoms with Crippen LogP contribution in [-0.4, -0.2) is 22.7 Å². The smallest absolute Gasteiger partial charge is 0.261 e. The van der Waals surface area contributed by atoms with Crippen molar-refractivity contribution in [3.8, 4) is 0 Å². The Balaban J connectivity index is 2.30. The highest BCUT2D eigenvalue weighted by molar-refractivity contribution is 6.06. The van der Waals surface area contributed by atoms with Gasteiger partial charge in [-0.3, -0.25) is 9.48 Å². The Bertz CT molecular complexity index is 586. The normalized spacial score (nSPS) is 10.5. The number of carbonyl (C=O) groups is 1. The minimum Gasteiger partial charge on any atom is -0.399 e. The van der Waals surface area contributed by atoms with E-state index < -0.39 is 0 Å². The van der Waals surface area contributed by atoms with Crippen molar-refractivity contribution in [1.82, 2.24) is 9.78 Å². The van der Waals surface area contributed by atoms with Gasteiger partial charge in [-0.05, 0) is 30.7 Å². The van der Waals surface area contributed by atoms with E-state index in [9.17, 15) is 4.79 Å². The lowest BCUT2D eigenvalue weighted by Crippen LogP contribution is -2.26. The van der Waals surface area contributed by atoms with Crippen LogP contribution in [-0.2, 0) is 13.5 Å². The van der Waals surface area contributed by atoms with Crippen molar-refractivity contribution in [1.29, 1.82) is 0 Å². The van der Waals surface area contributed by atoms with Gasteiger partial charge < -0.3 is 10.6 Å². The van der Waals surface area contributed by atoms with Gasteiger partial charge in [0.05, 0.1) is 11.3 Å².